The van der Waals surface area contributed by atoms with Crippen LogP contribution in [-0.4, -0.2) is 64.4 Å². The van der Waals surface area contributed by atoms with E-state index in [1.54, 1.807) is 17.3 Å². The van der Waals surface area contributed by atoms with Gasteiger partial charge >= 0.3 is 5.97 Å². The zero-order chi connectivity index (χ0) is 20.0. The maximum atomic E-state index is 13.4. The van der Waals surface area contributed by atoms with Crippen molar-refractivity contribution in [1.82, 2.24) is 9.21 Å². The van der Waals surface area contributed by atoms with Crippen LogP contribution in [0.2, 0.25) is 0 Å². The lowest BCUT2D eigenvalue weighted by Crippen LogP contribution is -2.40. The van der Waals surface area contributed by atoms with Crippen molar-refractivity contribution in [1.29, 1.82) is 0 Å². The molecule has 0 atom stereocenters. The van der Waals surface area contributed by atoms with Crippen LogP contribution in [0.1, 0.15) is 48.0 Å². The van der Waals surface area contributed by atoms with Gasteiger partial charge in [-0.25, -0.2) is 13.2 Å². The fourth-order valence-electron chi connectivity index (χ4n) is 3.60. The highest BCUT2D eigenvalue weighted by Gasteiger charge is 2.29. The van der Waals surface area contributed by atoms with E-state index in [9.17, 15) is 13.2 Å². The van der Waals surface area contributed by atoms with Crippen LogP contribution in [0.5, 0.6) is 0 Å². The maximum Gasteiger partial charge on any atom is 0.337 e. The Hall–Kier alpha value is -1.44. The summed E-state index contributed by atoms with van der Waals surface area (Å²) in [5.41, 5.74) is 0.928. The van der Waals surface area contributed by atoms with E-state index >= 15 is 0 Å². The van der Waals surface area contributed by atoms with Gasteiger partial charge in [0, 0.05) is 19.6 Å². The van der Waals surface area contributed by atoms with Crippen molar-refractivity contribution >= 4 is 16.0 Å². The molecule has 0 aliphatic heterocycles. The molecule has 0 amide bonds. The molecule has 1 aromatic carbocycles. The van der Waals surface area contributed by atoms with Gasteiger partial charge in [0.15, 0.2) is 0 Å². The van der Waals surface area contributed by atoms with E-state index in [-0.39, 0.29) is 4.90 Å². The van der Waals surface area contributed by atoms with Gasteiger partial charge in [-0.15, -0.1) is 0 Å². The lowest BCUT2D eigenvalue weighted by molar-refractivity contribution is 0.0600. The number of sulfonamides is 1. The first kappa shape index (κ1) is 21.9. The van der Waals surface area contributed by atoms with Crippen molar-refractivity contribution in [3.05, 3.63) is 29.3 Å². The summed E-state index contributed by atoms with van der Waals surface area (Å²) in [4.78, 5) is 14.0. The summed E-state index contributed by atoms with van der Waals surface area (Å²) < 4.78 is 33.1. The minimum atomic E-state index is -3.62. The molecule has 1 saturated carbocycles. The molecule has 27 heavy (non-hydrogen) atoms. The lowest BCUT2D eigenvalue weighted by Gasteiger charge is -2.30. The minimum absolute atomic E-state index is 0.268. The number of carbonyl (C=O) groups is 1. The summed E-state index contributed by atoms with van der Waals surface area (Å²) in [6.45, 7) is 3.42. The zero-order valence-electron chi connectivity index (χ0n) is 16.9. The van der Waals surface area contributed by atoms with Gasteiger partial charge in [-0.2, -0.15) is 4.31 Å². The van der Waals surface area contributed by atoms with Gasteiger partial charge in [0.25, 0.3) is 0 Å². The van der Waals surface area contributed by atoms with Gasteiger partial charge in [-0.05, 0) is 63.5 Å². The van der Waals surface area contributed by atoms with Crippen LogP contribution in [0.15, 0.2) is 23.1 Å². The van der Waals surface area contributed by atoms with Crippen LogP contribution in [0, 0.1) is 12.8 Å². The summed E-state index contributed by atoms with van der Waals surface area (Å²) in [7, 11) is 1.59. The first-order chi connectivity index (χ1) is 12.8. The molecule has 0 unspecified atom stereocenters. The molecule has 1 aliphatic rings. The van der Waals surface area contributed by atoms with E-state index < -0.39 is 16.0 Å². The summed E-state index contributed by atoms with van der Waals surface area (Å²) in [6, 6.07) is 4.64. The van der Waals surface area contributed by atoms with Crippen molar-refractivity contribution in [3.8, 4) is 0 Å². The summed E-state index contributed by atoms with van der Waals surface area (Å²) in [6.07, 6.45) is 5.79. The molecule has 0 saturated heterocycles. The zero-order valence-corrected chi connectivity index (χ0v) is 17.7. The first-order valence-electron chi connectivity index (χ1n) is 9.59. The van der Waals surface area contributed by atoms with Crippen LogP contribution in [0.3, 0.4) is 0 Å². The highest BCUT2D eigenvalue weighted by atomic mass is 32.2. The molecule has 1 fully saturated rings. The molecule has 0 spiro atoms. The van der Waals surface area contributed by atoms with Crippen molar-refractivity contribution in [2.45, 2.75) is 43.9 Å². The van der Waals surface area contributed by atoms with Gasteiger partial charge in [-0.1, -0.05) is 19.3 Å². The Morgan fingerprint density at radius 1 is 1.15 bits per heavy atom. The largest absolute Gasteiger partial charge is 0.465 e. The number of likely N-dealkylation sites (N-methyl/N-ethyl adjacent to an activating group) is 1. The van der Waals surface area contributed by atoms with Crippen molar-refractivity contribution in [2.24, 2.45) is 5.92 Å². The minimum Gasteiger partial charge on any atom is -0.465 e. The number of hydrogen-bond donors (Lipinski definition) is 0. The molecule has 6 nitrogen and oxygen atoms in total. The average molecular weight is 397 g/mol. The lowest BCUT2D eigenvalue weighted by atomic mass is 9.89. The van der Waals surface area contributed by atoms with Gasteiger partial charge in [-0.3, -0.25) is 0 Å². The first-order valence-corrected chi connectivity index (χ1v) is 11.0. The molecule has 2 rings (SSSR count). The monoisotopic (exact) mass is 396 g/mol. The number of ether oxygens (including phenoxy) is 1. The van der Waals surface area contributed by atoms with Crippen LogP contribution >= 0.6 is 0 Å². The van der Waals surface area contributed by atoms with E-state index in [0.717, 1.165) is 12.8 Å². The molecular weight excluding hydrogens is 364 g/mol. The standard InChI is InChI=1S/C20H32N2O4S/c1-16-14-18(20(23)26-4)10-11-19(16)27(24,25)22(13-12-21(2)3)15-17-8-6-5-7-9-17/h10-11,14,17H,5-9,12-13,15H2,1-4H3. The topological polar surface area (TPSA) is 66.9 Å². The summed E-state index contributed by atoms with van der Waals surface area (Å²) in [5.74, 6) is -0.0425. The van der Waals surface area contributed by atoms with E-state index in [1.807, 2.05) is 19.0 Å². The third kappa shape index (κ3) is 5.77. The van der Waals surface area contributed by atoms with Crippen LogP contribution in [-0.2, 0) is 14.8 Å². The average Bonchev–Trinajstić information content (AvgIpc) is 2.64. The van der Waals surface area contributed by atoms with Crippen molar-refractivity contribution in [2.75, 3.05) is 40.8 Å². The van der Waals surface area contributed by atoms with Gasteiger partial charge < -0.3 is 9.64 Å². The highest BCUT2D eigenvalue weighted by molar-refractivity contribution is 7.89. The number of rotatable bonds is 8. The van der Waals surface area contributed by atoms with Crippen LogP contribution in [0.4, 0.5) is 0 Å². The molecule has 0 heterocycles. The van der Waals surface area contributed by atoms with Gasteiger partial charge in [0.1, 0.15) is 0 Å². The Morgan fingerprint density at radius 2 is 1.81 bits per heavy atom. The number of methoxy groups -OCH3 is 1. The number of nitrogens with zero attached hydrogens (tertiary/aromatic N) is 2. The Morgan fingerprint density at radius 3 is 2.37 bits per heavy atom. The highest BCUT2D eigenvalue weighted by Crippen LogP contribution is 2.28. The molecule has 1 aliphatic carbocycles. The summed E-state index contributed by atoms with van der Waals surface area (Å²) in [5, 5.41) is 0. The van der Waals surface area contributed by atoms with Crippen molar-refractivity contribution in [3.63, 3.8) is 0 Å². The Balaban J connectivity index is 2.29. The molecule has 0 aromatic heterocycles. The number of aryl methyl sites for hydroxylation is 1. The maximum absolute atomic E-state index is 13.4. The smallest absolute Gasteiger partial charge is 0.337 e. The second-order valence-electron chi connectivity index (χ2n) is 7.64. The number of esters is 1. The molecule has 7 heteroatoms. The van der Waals surface area contributed by atoms with E-state index in [1.165, 1.54) is 38.5 Å². The van der Waals surface area contributed by atoms with Crippen LogP contribution < -0.4 is 0 Å². The molecule has 0 radical (unpaired) electrons. The Kier molecular flexibility index (Phi) is 7.82. The Bertz CT molecular complexity index is 740. The molecule has 0 bridgehead atoms. The van der Waals surface area contributed by atoms with E-state index in [0.29, 0.717) is 36.7 Å². The molecule has 0 N–H and O–H groups in total. The third-order valence-corrected chi connectivity index (χ3v) is 7.22. The van der Waals surface area contributed by atoms with Gasteiger partial charge in [0.2, 0.25) is 10.0 Å². The van der Waals surface area contributed by atoms with Crippen LogP contribution in [0.25, 0.3) is 0 Å². The third-order valence-electron chi connectivity index (χ3n) is 5.20. The van der Waals surface area contributed by atoms with E-state index in [4.69, 9.17) is 4.74 Å². The number of carbonyl (C=O) groups excluding carboxylic acids is 1. The molecule has 152 valence electrons. The van der Waals surface area contributed by atoms with Crippen molar-refractivity contribution < 1.29 is 17.9 Å². The second-order valence-corrected chi connectivity index (χ2v) is 9.55. The molecule has 1 aromatic rings. The quantitative estimate of drug-likeness (QED) is 0.632. The SMILES string of the molecule is COC(=O)c1ccc(S(=O)(=O)N(CCN(C)C)CC2CCCCC2)c(C)c1. The predicted molar refractivity (Wildman–Crippen MR) is 106 cm³/mol. The fraction of sp³-hybridized carbons (Fsp3) is 0.650. The normalized spacial score (nSPS) is 16.1. The second kappa shape index (κ2) is 9.66. The summed E-state index contributed by atoms with van der Waals surface area (Å²) >= 11 is 0. The number of benzene rings is 1. The fourth-order valence-corrected chi connectivity index (χ4v) is 5.31. The van der Waals surface area contributed by atoms with Gasteiger partial charge in [0.05, 0.1) is 17.6 Å². The molecular formula is C20H32N2O4S. The number of hydrogen-bond acceptors (Lipinski definition) is 5. The Labute approximate surface area is 163 Å². The predicted octanol–water partition coefficient (Wildman–Crippen LogP) is 2.91. The van der Waals surface area contributed by atoms with E-state index in [2.05, 4.69) is 0 Å².